The van der Waals surface area contributed by atoms with E-state index in [0.717, 1.165) is 0 Å². The molecule has 1 fully saturated rings. The zero-order chi connectivity index (χ0) is 23.3. The van der Waals surface area contributed by atoms with E-state index in [0.29, 0.717) is 5.69 Å². The van der Waals surface area contributed by atoms with E-state index in [9.17, 15) is 13.2 Å². The second kappa shape index (κ2) is 9.84. The maximum absolute atomic E-state index is 13.0. The second-order valence-electron chi connectivity index (χ2n) is 8.63. The summed E-state index contributed by atoms with van der Waals surface area (Å²) in [5, 5.41) is 6.09. The molecule has 0 amide bonds. The average molecular weight is 455 g/mol. The Hall–Kier alpha value is -2.37. The number of carbonyl (C=O) groups is 1. The van der Waals surface area contributed by atoms with E-state index in [1.165, 1.54) is 0 Å². The van der Waals surface area contributed by atoms with Crippen LogP contribution >= 0.6 is 0 Å². The van der Waals surface area contributed by atoms with Crippen LogP contribution in [0.5, 0.6) is 0 Å². The molecule has 10 nitrogen and oxygen atoms in total. The first-order chi connectivity index (χ1) is 14.3. The summed E-state index contributed by atoms with van der Waals surface area (Å²) in [6.45, 7) is 8.64. The van der Waals surface area contributed by atoms with Gasteiger partial charge in [0.15, 0.2) is 5.79 Å². The van der Waals surface area contributed by atoms with Crippen molar-refractivity contribution in [3.8, 4) is 0 Å². The van der Waals surface area contributed by atoms with Crippen molar-refractivity contribution < 1.29 is 27.4 Å². The van der Waals surface area contributed by atoms with E-state index in [1.54, 1.807) is 65.0 Å². The monoisotopic (exact) mass is 454 g/mol. The lowest BCUT2D eigenvalue weighted by Crippen LogP contribution is -2.48. The molecule has 0 aromatic heterocycles. The van der Waals surface area contributed by atoms with E-state index < -0.39 is 50.3 Å². The van der Waals surface area contributed by atoms with Crippen molar-refractivity contribution in [3.05, 3.63) is 30.3 Å². The van der Waals surface area contributed by atoms with Gasteiger partial charge in [-0.05, 0) is 46.8 Å². The molecule has 1 heterocycles. The minimum absolute atomic E-state index is 0.0198. The van der Waals surface area contributed by atoms with Crippen LogP contribution in [-0.4, -0.2) is 48.9 Å². The van der Waals surface area contributed by atoms with Crippen LogP contribution in [0.3, 0.4) is 0 Å². The highest BCUT2D eigenvalue weighted by Crippen LogP contribution is 2.30. The highest BCUT2D eigenvalue weighted by molar-refractivity contribution is 8.06. The molecular weight excluding hydrogens is 424 g/mol. The van der Waals surface area contributed by atoms with Crippen LogP contribution in [0, 0.1) is 0 Å². The molecule has 1 saturated heterocycles. The molecule has 1 aromatic carbocycles. The number of nitrogens with two attached hydrogens (primary N) is 1. The van der Waals surface area contributed by atoms with Crippen molar-refractivity contribution in [1.29, 1.82) is 0 Å². The SMILES string of the molecule is CC(C)(C)OC(=O)C[C@H]1C[C@@H](CS(=O)(=O)C(=Nc2ccccc2)/N=N\N)OC(C)(C)O1. The van der Waals surface area contributed by atoms with Gasteiger partial charge in [-0.2, -0.15) is 0 Å². The number of amidine groups is 1. The minimum Gasteiger partial charge on any atom is -0.460 e. The summed E-state index contributed by atoms with van der Waals surface area (Å²) < 4.78 is 42.9. The summed E-state index contributed by atoms with van der Waals surface area (Å²) in [7, 11) is -4.00. The Morgan fingerprint density at radius 1 is 1.19 bits per heavy atom. The molecule has 0 spiro atoms. The molecule has 172 valence electrons. The zero-order valence-electron chi connectivity index (χ0n) is 18.4. The highest BCUT2D eigenvalue weighted by Gasteiger charge is 2.40. The number of nitrogens with zero attached hydrogens (tertiary/aromatic N) is 3. The molecule has 0 bridgehead atoms. The Kier molecular flexibility index (Phi) is 7.90. The minimum atomic E-state index is -4.00. The number of aliphatic imine (C=N–C) groups is 1. The van der Waals surface area contributed by atoms with Crippen molar-refractivity contribution in [3.63, 3.8) is 0 Å². The Labute approximate surface area is 182 Å². The standard InChI is InChI=1S/C20H30N4O6S/c1-19(2,3)30-17(25)12-15-11-16(29-20(4,5)28-15)13-31(26,27)18(23-24-21)22-14-9-7-6-8-10-14/h6-10,15-16H,11-13H2,1-5H3,(H2,21,22,23)/t15-,16+/m1/s1. The van der Waals surface area contributed by atoms with Gasteiger partial charge in [-0.3, -0.25) is 4.79 Å². The Balaban J connectivity index is 2.18. The number of esters is 1. The third-order valence-electron chi connectivity index (χ3n) is 4.05. The molecule has 31 heavy (non-hydrogen) atoms. The normalized spacial score (nSPS) is 22.4. The summed E-state index contributed by atoms with van der Waals surface area (Å²) in [6.07, 6.45) is -1.16. The molecule has 0 aliphatic carbocycles. The highest BCUT2D eigenvalue weighted by atomic mass is 32.2. The zero-order valence-corrected chi connectivity index (χ0v) is 19.3. The number of ether oxygens (including phenoxy) is 3. The van der Waals surface area contributed by atoms with Gasteiger partial charge >= 0.3 is 5.97 Å². The van der Waals surface area contributed by atoms with E-state index >= 15 is 0 Å². The Morgan fingerprint density at radius 3 is 2.39 bits per heavy atom. The van der Waals surface area contributed by atoms with Gasteiger partial charge in [0.05, 0.1) is 30.1 Å². The third kappa shape index (κ3) is 8.35. The van der Waals surface area contributed by atoms with Crippen LogP contribution in [-0.2, 0) is 28.8 Å². The lowest BCUT2D eigenvalue weighted by atomic mass is 10.1. The summed E-state index contributed by atoms with van der Waals surface area (Å²) >= 11 is 0. The van der Waals surface area contributed by atoms with Gasteiger partial charge in [-0.1, -0.05) is 28.5 Å². The summed E-state index contributed by atoms with van der Waals surface area (Å²) in [5.41, 5.74) is -0.235. The van der Waals surface area contributed by atoms with Gasteiger partial charge in [0.1, 0.15) is 5.60 Å². The van der Waals surface area contributed by atoms with Crippen molar-refractivity contribution in [2.75, 3.05) is 5.75 Å². The number of hydrogen-bond acceptors (Lipinski definition) is 8. The van der Waals surface area contributed by atoms with E-state index in [2.05, 4.69) is 15.3 Å². The molecule has 0 unspecified atom stereocenters. The molecule has 2 atom stereocenters. The molecular formula is C20H30N4O6S. The van der Waals surface area contributed by atoms with Crippen LogP contribution < -0.4 is 5.84 Å². The van der Waals surface area contributed by atoms with E-state index in [-0.39, 0.29) is 12.8 Å². The van der Waals surface area contributed by atoms with Crippen molar-refractivity contribution in [2.24, 2.45) is 21.2 Å². The number of para-hydroxylation sites is 1. The van der Waals surface area contributed by atoms with Crippen LogP contribution in [0.25, 0.3) is 0 Å². The first-order valence-electron chi connectivity index (χ1n) is 9.84. The van der Waals surface area contributed by atoms with Gasteiger partial charge < -0.3 is 20.1 Å². The molecule has 11 heteroatoms. The van der Waals surface area contributed by atoms with Crippen LogP contribution in [0.2, 0.25) is 0 Å². The molecule has 2 rings (SSSR count). The third-order valence-corrected chi connectivity index (χ3v) is 5.59. The summed E-state index contributed by atoms with van der Waals surface area (Å²) in [6, 6.07) is 8.47. The number of hydrogen-bond donors (Lipinski definition) is 1. The Bertz CT molecular complexity index is 923. The largest absolute Gasteiger partial charge is 0.460 e. The fourth-order valence-corrected chi connectivity index (χ4v) is 4.41. The van der Waals surface area contributed by atoms with Gasteiger partial charge in [0, 0.05) is 6.42 Å². The lowest BCUT2D eigenvalue weighted by Gasteiger charge is -2.40. The quantitative estimate of drug-likeness (QED) is 0.180. The number of sulfone groups is 1. The molecule has 1 aliphatic heterocycles. The summed E-state index contributed by atoms with van der Waals surface area (Å²) in [4.78, 5) is 16.3. The predicted octanol–water partition coefficient (Wildman–Crippen LogP) is 3.06. The number of benzene rings is 1. The Morgan fingerprint density at radius 2 is 1.81 bits per heavy atom. The van der Waals surface area contributed by atoms with Crippen molar-refractivity contribution in [2.45, 2.75) is 71.1 Å². The van der Waals surface area contributed by atoms with Gasteiger partial charge in [0.25, 0.3) is 5.17 Å². The molecule has 1 aliphatic rings. The van der Waals surface area contributed by atoms with Gasteiger partial charge in [-0.15, -0.1) is 0 Å². The van der Waals surface area contributed by atoms with Gasteiger partial charge in [0.2, 0.25) is 9.84 Å². The first kappa shape index (κ1) is 24.9. The maximum atomic E-state index is 13.0. The topological polar surface area (TPSA) is 142 Å². The molecule has 0 radical (unpaired) electrons. The van der Waals surface area contributed by atoms with Crippen LogP contribution in [0.4, 0.5) is 5.69 Å². The van der Waals surface area contributed by atoms with Crippen molar-refractivity contribution >= 4 is 26.7 Å². The van der Waals surface area contributed by atoms with Crippen molar-refractivity contribution in [1.82, 2.24) is 0 Å². The fourth-order valence-electron chi connectivity index (χ4n) is 3.15. The smallest absolute Gasteiger partial charge is 0.308 e. The second-order valence-corrected chi connectivity index (χ2v) is 10.6. The van der Waals surface area contributed by atoms with Crippen LogP contribution in [0.1, 0.15) is 47.5 Å². The number of carbonyl (C=O) groups excluding carboxylic acids is 1. The van der Waals surface area contributed by atoms with Crippen LogP contribution in [0.15, 0.2) is 45.7 Å². The van der Waals surface area contributed by atoms with Gasteiger partial charge in [-0.25, -0.2) is 13.4 Å². The molecule has 1 aromatic rings. The molecule has 2 N–H and O–H groups in total. The lowest BCUT2D eigenvalue weighted by molar-refractivity contribution is -0.295. The fraction of sp³-hybridized carbons (Fsp3) is 0.600. The maximum Gasteiger partial charge on any atom is 0.308 e. The average Bonchev–Trinajstić information content (AvgIpc) is 2.58. The van der Waals surface area contributed by atoms with E-state index in [1.807, 2.05) is 0 Å². The van der Waals surface area contributed by atoms with E-state index in [4.69, 9.17) is 20.1 Å². The molecule has 0 saturated carbocycles. The predicted molar refractivity (Wildman–Crippen MR) is 115 cm³/mol. The summed E-state index contributed by atoms with van der Waals surface area (Å²) in [5.74, 6) is 3.16. The number of rotatable bonds is 5. The first-order valence-corrected chi connectivity index (χ1v) is 11.5.